The third-order valence-corrected chi connectivity index (χ3v) is 3.44. The summed E-state index contributed by atoms with van der Waals surface area (Å²) in [5, 5.41) is 6.88. The van der Waals surface area contributed by atoms with Crippen LogP contribution in [0.25, 0.3) is 11.4 Å². The summed E-state index contributed by atoms with van der Waals surface area (Å²) in [7, 11) is 0. The van der Waals surface area contributed by atoms with E-state index in [2.05, 4.69) is 15.2 Å². The molecule has 1 amide bonds. The molecule has 0 aliphatic heterocycles. The maximum atomic E-state index is 13.1. The van der Waals surface area contributed by atoms with Gasteiger partial charge in [-0.3, -0.25) is 9.48 Å². The van der Waals surface area contributed by atoms with E-state index in [0.717, 1.165) is 12.1 Å². The zero-order chi connectivity index (χ0) is 18.6. The summed E-state index contributed by atoms with van der Waals surface area (Å²) in [4.78, 5) is 15.1. The van der Waals surface area contributed by atoms with Crippen LogP contribution in [0, 0.1) is 11.4 Å². The standard InChI is InChI=1S/C16H18F3N5O/c1-10(2)5-11-6-12(8-13(7-11)16(17,18)19)15-21-9-24(23-15)4-3-14(25)22-20/h6-10,20H,3-5H2,1-2H3. The van der Waals surface area contributed by atoms with Crippen molar-refractivity contribution < 1.29 is 18.0 Å². The number of hydrogen-bond acceptors (Lipinski definition) is 4. The van der Waals surface area contributed by atoms with E-state index >= 15 is 0 Å². The number of nitrogens with one attached hydrogen (secondary N) is 1. The molecule has 1 heterocycles. The quantitative estimate of drug-likeness (QED) is 0.793. The van der Waals surface area contributed by atoms with Crippen LogP contribution in [0.4, 0.5) is 13.2 Å². The van der Waals surface area contributed by atoms with Gasteiger partial charge in [-0.05, 0) is 36.1 Å². The molecule has 0 radical (unpaired) electrons. The highest BCUT2D eigenvalue weighted by Crippen LogP contribution is 2.33. The smallest absolute Gasteiger partial charge is 0.271 e. The summed E-state index contributed by atoms with van der Waals surface area (Å²) >= 11 is 0. The van der Waals surface area contributed by atoms with Crippen molar-refractivity contribution in [1.29, 1.82) is 5.53 Å². The maximum Gasteiger partial charge on any atom is 0.416 e. The van der Waals surface area contributed by atoms with E-state index in [1.165, 1.54) is 11.0 Å². The van der Waals surface area contributed by atoms with Gasteiger partial charge in [0.1, 0.15) is 6.33 Å². The lowest BCUT2D eigenvalue weighted by Gasteiger charge is -2.12. The third kappa shape index (κ3) is 5.20. The van der Waals surface area contributed by atoms with Gasteiger partial charge < -0.3 is 0 Å². The first kappa shape index (κ1) is 18.8. The first-order chi connectivity index (χ1) is 11.7. The Morgan fingerprint density at radius 1 is 1.32 bits per heavy atom. The van der Waals surface area contributed by atoms with Gasteiger partial charge in [0.2, 0.25) is 0 Å². The van der Waals surface area contributed by atoms with Crippen LogP contribution >= 0.6 is 0 Å². The van der Waals surface area contributed by atoms with Crippen LogP contribution in [0.5, 0.6) is 0 Å². The monoisotopic (exact) mass is 353 g/mol. The molecule has 0 bridgehead atoms. The highest BCUT2D eigenvalue weighted by Gasteiger charge is 2.31. The van der Waals surface area contributed by atoms with E-state index in [1.54, 1.807) is 6.07 Å². The molecular weight excluding hydrogens is 335 g/mol. The molecule has 0 aliphatic carbocycles. The number of carbonyl (C=O) groups excluding carboxylic acids is 1. The van der Waals surface area contributed by atoms with Crippen molar-refractivity contribution in [2.24, 2.45) is 11.0 Å². The Labute approximate surface area is 142 Å². The number of alkyl halides is 3. The van der Waals surface area contributed by atoms with Crippen molar-refractivity contribution in [2.45, 2.75) is 39.4 Å². The predicted octanol–water partition coefficient (Wildman–Crippen LogP) is 4.11. The summed E-state index contributed by atoms with van der Waals surface area (Å²) < 4.78 is 40.8. The maximum absolute atomic E-state index is 13.1. The number of carbonyl (C=O) groups is 1. The fourth-order valence-corrected chi connectivity index (χ4v) is 2.37. The second kappa shape index (κ2) is 7.54. The molecule has 9 heteroatoms. The topological polar surface area (TPSA) is 84.0 Å². The molecule has 0 atom stereocenters. The van der Waals surface area contributed by atoms with Gasteiger partial charge >= 0.3 is 6.18 Å². The van der Waals surface area contributed by atoms with Crippen molar-refractivity contribution >= 4 is 5.91 Å². The molecule has 0 saturated carbocycles. The first-order valence-corrected chi connectivity index (χ1v) is 7.70. The highest BCUT2D eigenvalue weighted by atomic mass is 19.4. The van der Waals surface area contributed by atoms with Gasteiger partial charge in [0.15, 0.2) is 5.82 Å². The van der Waals surface area contributed by atoms with Crippen LogP contribution in [0.2, 0.25) is 0 Å². The lowest BCUT2D eigenvalue weighted by atomic mass is 9.98. The minimum Gasteiger partial charge on any atom is -0.271 e. The summed E-state index contributed by atoms with van der Waals surface area (Å²) in [5.41, 5.74) is 6.71. The lowest BCUT2D eigenvalue weighted by Crippen LogP contribution is -2.07. The van der Waals surface area contributed by atoms with Crippen LogP contribution in [0.15, 0.2) is 29.6 Å². The molecule has 25 heavy (non-hydrogen) atoms. The molecule has 0 unspecified atom stereocenters. The zero-order valence-electron chi connectivity index (χ0n) is 13.8. The summed E-state index contributed by atoms with van der Waals surface area (Å²) in [5.74, 6) is -0.233. The second-order valence-electron chi connectivity index (χ2n) is 6.10. The molecule has 1 aromatic heterocycles. The molecule has 0 aliphatic rings. The van der Waals surface area contributed by atoms with Gasteiger partial charge in [0.25, 0.3) is 5.91 Å². The molecule has 2 aromatic rings. The Kier molecular flexibility index (Phi) is 5.66. The number of benzene rings is 1. The number of aromatic nitrogens is 3. The van der Waals surface area contributed by atoms with Gasteiger partial charge in [0.05, 0.1) is 18.5 Å². The van der Waals surface area contributed by atoms with E-state index < -0.39 is 17.6 Å². The number of aryl methyl sites for hydroxylation is 1. The van der Waals surface area contributed by atoms with Crippen molar-refractivity contribution in [3.05, 3.63) is 35.7 Å². The van der Waals surface area contributed by atoms with Crippen LogP contribution in [-0.4, -0.2) is 20.7 Å². The molecular formula is C16H18F3N5O. The van der Waals surface area contributed by atoms with Crippen LogP contribution < -0.4 is 0 Å². The predicted molar refractivity (Wildman–Crippen MR) is 83.8 cm³/mol. The average Bonchev–Trinajstić information content (AvgIpc) is 2.99. The van der Waals surface area contributed by atoms with Crippen LogP contribution in [0.3, 0.4) is 0 Å². The highest BCUT2D eigenvalue weighted by molar-refractivity contribution is 5.75. The Bertz CT molecular complexity index is 767. The minimum absolute atomic E-state index is 0.0203. The Morgan fingerprint density at radius 2 is 2.04 bits per heavy atom. The molecule has 1 aromatic carbocycles. The van der Waals surface area contributed by atoms with Gasteiger partial charge in [-0.2, -0.15) is 18.3 Å². The SMILES string of the molecule is CC(C)Cc1cc(-c2ncn(CCC(=O)N=N)n2)cc(C(F)(F)F)c1. The number of nitrogens with zero attached hydrogens (tertiary/aromatic N) is 4. The van der Waals surface area contributed by atoms with Gasteiger partial charge in [-0.1, -0.05) is 13.8 Å². The fourth-order valence-electron chi connectivity index (χ4n) is 2.37. The largest absolute Gasteiger partial charge is 0.416 e. The third-order valence-electron chi connectivity index (χ3n) is 3.44. The van der Waals surface area contributed by atoms with Gasteiger partial charge in [-0.25, -0.2) is 10.5 Å². The van der Waals surface area contributed by atoms with Crippen LogP contribution in [0.1, 0.15) is 31.4 Å². The molecule has 0 spiro atoms. The van der Waals surface area contributed by atoms with Gasteiger partial charge in [0, 0.05) is 5.56 Å². The minimum atomic E-state index is -4.45. The van der Waals surface area contributed by atoms with E-state index in [-0.39, 0.29) is 30.3 Å². The molecule has 0 fully saturated rings. The number of amides is 1. The number of halogens is 3. The molecule has 6 nitrogen and oxygen atoms in total. The average molecular weight is 353 g/mol. The van der Waals surface area contributed by atoms with Gasteiger partial charge in [-0.15, -0.1) is 5.11 Å². The number of rotatable bonds is 6. The lowest BCUT2D eigenvalue weighted by molar-refractivity contribution is -0.137. The summed E-state index contributed by atoms with van der Waals surface area (Å²) in [6.07, 6.45) is -2.62. The van der Waals surface area contributed by atoms with Crippen molar-refractivity contribution in [3.8, 4) is 11.4 Å². The van der Waals surface area contributed by atoms with E-state index in [0.29, 0.717) is 12.0 Å². The fraction of sp³-hybridized carbons (Fsp3) is 0.438. The molecule has 2 rings (SSSR count). The summed E-state index contributed by atoms with van der Waals surface area (Å²) in [6.45, 7) is 4.02. The first-order valence-electron chi connectivity index (χ1n) is 7.70. The Balaban J connectivity index is 2.32. The molecule has 134 valence electrons. The zero-order valence-corrected chi connectivity index (χ0v) is 13.8. The normalized spacial score (nSPS) is 11.8. The van der Waals surface area contributed by atoms with Crippen LogP contribution in [-0.2, 0) is 23.9 Å². The summed E-state index contributed by atoms with van der Waals surface area (Å²) in [6, 6.07) is 3.82. The second-order valence-corrected chi connectivity index (χ2v) is 6.10. The van der Waals surface area contributed by atoms with E-state index in [4.69, 9.17) is 5.53 Å². The van der Waals surface area contributed by atoms with Crippen molar-refractivity contribution in [1.82, 2.24) is 14.8 Å². The van der Waals surface area contributed by atoms with E-state index in [9.17, 15) is 18.0 Å². The Morgan fingerprint density at radius 3 is 2.64 bits per heavy atom. The number of hydrogen-bond donors (Lipinski definition) is 1. The van der Waals surface area contributed by atoms with Crippen molar-refractivity contribution in [3.63, 3.8) is 0 Å². The molecule has 0 saturated heterocycles. The molecule has 1 N–H and O–H groups in total. The van der Waals surface area contributed by atoms with E-state index in [1.807, 2.05) is 13.8 Å². The van der Waals surface area contributed by atoms with Crippen molar-refractivity contribution in [2.75, 3.05) is 0 Å². The Hall–Kier alpha value is -2.58.